The molecule has 0 fully saturated rings. The summed E-state index contributed by atoms with van der Waals surface area (Å²) in [5.41, 5.74) is 3.24. The van der Waals surface area contributed by atoms with E-state index < -0.39 is 29.7 Å². The molecule has 2 aromatic rings. The quantitative estimate of drug-likeness (QED) is 0.462. The number of allylic oxidation sites excluding steroid dienone is 3. The third-order valence-corrected chi connectivity index (χ3v) is 6.56. The fourth-order valence-corrected chi connectivity index (χ4v) is 5.04. The molecule has 0 amide bonds. The lowest BCUT2D eigenvalue weighted by Gasteiger charge is -2.39. The number of benzene rings is 1. The van der Waals surface area contributed by atoms with Gasteiger partial charge in [0.2, 0.25) is 0 Å². The molecule has 3 atom stereocenters. The normalized spacial score (nSPS) is 21.4. The van der Waals surface area contributed by atoms with E-state index in [9.17, 15) is 14.4 Å². The van der Waals surface area contributed by atoms with Crippen molar-refractivity contribution in [3.63, 3.8) is 0 Å². The van der Waals surface area contributed by atoms with Gasteiger partial charge in [-0.3, -0.25) is 14.6 Å². The van der Waals surface area contributed by atoms with E-state index in [0.29, 0.717) is 40.4 Å². The Morgan fingerprint density at radius 2 is 1.86 bits per heavy atom. The van der Waals surface area contributed by atoms with Gasteiger partial charge in [-0.1, -0.05) is 18.2 Å². The summed E-state index contributed by atoms with van der Waals surface area (Å²) in [4.78, 5) is 44.9. The molecular formula is C28H30N2O6. The number of aromatic nitrogens is 1. The zero-order valence-electron chi connectivity index (χ0n) is 20.9. The summed E-state index contributed by atoms with van der Waals surface area (Å²) in [6.07, 6.45) is 1.99. The van der Waals surface area contributed by atoms with Gasteiger partial charge in [-0.25, -0.2) is 4.79 Å². The number of methoxy groups -OCH3 is 1. The van der Waals surface area contributed by atoms with Crippen molar-refractivity contribution < 1.29 is 28.6 Å². The van der Waals surface area contributed by atoms with Crippen LogP contribution in [0, 0.1) is 5.92 Å². The van der Waals surface area contributed by atoms with Crippen molar-refractivity contribution >= 4 is 17.7 Å². The van der Waals surface area contributed by atoms with Crippen molar-refractivity contribution in [3.8, 4) is 5.75 Å². The average molecular weight is 491 g/mol. The molecule has 0 spiro atoms. The molecule has 4 rings (SSSR count). The van der Waals surface area contributed by atoms with Crippen molar-refractivity contribution in [1.29, 1.82) is 0 Å². The van der Waals surface area contributed by atoms with Gasteiger partial charge in [-0.05, 0) is 57.0 Å². The van der Waals surface area contributed by atoms with Gasteiger partial charge in [-0.2, -0.15) is 0 Å². The van der Waals surface area contributed by atoms with Crippen molar-refractivity contribution in [1.82, 2.24) is 10.3 Å². The molecule has 0 unspecified atom stereocenters. The highest BCUT2D eigenvalue weighted by atomic mass is 16.5. The number of ether oxygens (including phenoxy) is 3. The number of hydrogen-bond acceptors (Lipinski definition) is 8. The molecule has 188 valence electrons. The summed E-state index contributed by atoms with van der Waals surface area (Å²) >= 11 is 0. The van der Waals surface area contributed by atoms with E-state index >= 15 is 0 Å². The number of hydrogen-bond donors (Lipinski definition) is 1. The van der Waals surface area contributed by atoms with Crippen LogP contribution < -0.4 is 10.1 Å². The number of nitrogens with one attached hydrogen (secondary N) is 1. The van der Waals surface area contributed by atoms with Gasteiger partial charge >= 0.3 is 11.9 Å². The minimum absolute atomic E-state index is 0.147. The Bertz CT molecular complexity index is 1230. The van der Waals surface area contributed by atoms with Crippen LogP contribution >= 0.6 is 0 Å². The fraction of sp³-hybridized carbons (Fsp3) is 0.357. The van der Waals surface area contributed by atoms with Crippen molar-refractivity contribution in [2.45, 2.75) is 39.0 Å². The molecule has 2 aliphatic rings. The van der Waals surface area contributed by atoms with Gasteiger partial charge in [0.15, 0.2) is 5.78 Å². The fourth-order valence-electron chi connectivity index (χ4n) is 5.04. The molecule has 1 aromatic heterocycles. The number of pyridine rings is 1. The maximum absolute atomic E-state index is 14.2. The smallest absolute Gasteiger partial charge is 0.336 e. The Labute approximate surface area is 210 Å². The zero-order valence-corrected chi connectivity index (χ0v) is 20.9. The molecular weight excluding hydrogens is 460 g/mol. The van der Waals surface area contributed by atoms with Crippen LogP contribution in [0.5, 0.6) is 5.75 Å². The lowest BCUT2D eigenvalue weighted by Crippen LogP contribution is -2.43. The SMILES string of the molecule is CCOC(=O)C1=C(C)NC2=C(C(=O)[C@@H](C(=O)OCC)[C@@H](c3cccc(OC)c3)C2)[C@@H]1c1ccccn1. The van der Waals surface area contributed by atoms with Crippen LogP contribution in [-0.2, 0) is 23.9 Å². The van der Waals surface area contributed by atoms with Gasteiger partial charge in [0.05, 0.1) is 37.5 Å². The van der Waals surface area contributed by atoms with Crippen LogP contribution in [0.3, 0.4) is 0 Å². The summed E-state index contributed by atoms with van der Waals surface area (Å²) < 4.78 is 16.1. The average Bonchev–Trinajstić information content (AvgIpc) is 2.88. The Morgan fingerprint density at radius 3 is 2.53 bits per heavy atom. The molecule has 1 aromatic carbocycles. The first-order valence-electron chi connectivity index (χ1n) is 12.0. The molecule has 0 radical (unpaired) electrons. The molecule has 0 bridgehead atoms. The summed E-state index contributed by atoms with van der Waals surface area (Å²) in [7, 11) is 1.57. The molecule has 0 saturated carbocycles. The standard InChI is InChI=1S/C28H30N2O6/c1-5-35-27(32)22-16(3)30-21-15-19(17-10-9-11-18(14-17)34-4)23(28(33)36-6-2)26(31)25(21)24(22)20-12-7-8-13-29-20/h7-14,19,23-24,30H,5-6,15H2,1-4H3/t19-,23+,24-/m1/s1. The zero-order chi connectivity index (χ0) is 25.8. The van der Waals surface area contributed by atoms with Crippen LogP contribution in [0.1, 0.15) is 50.3 Å². The summed E-state index contributed by atoms with van der Waals surface area (Å²) in [6, 6.07) is 12.7. The summed E-state index contributed by atoms with van der Waals surface area (Å²) in [5, 5.41) is 3.28. The first-order valence-corrected chi connectivity index (χ1v) is 12.0. The lowest BCUT2D eigenvalue weighted by atomic mass is 9.67. The molecule has 8 nitrogen and oxygen atoms in total. The van der Waals surface area contributed by atoms with Crippen LogP contribution in [-0.4, -0.2) is 43.0 Å². The predicted octanol–water partition coefficient (Wildman–Crippen LogP) is 3.80. The van der Waals surface area contributed by atoms with E-state index in [1.54, 1.807) is 52.3 Å². The van der Waals surface area contributed by atoms with E-state index in [1.165, 1.54) is 0 Å². The number of dihydropyridines is 1. The Balaban J connectivity index is 1.88. The van der Waals surface area contributed by atoms with Crippen LogP contribution in [0.4, 0.5) is 0 Å². The monoisotopic (exact) mass is 490 g/mol. The molecule has 1 aliphatic carbocycles. The van der Waals surface area contributed by atoms with Crippen LogP contribution in [0.2, 0.25) is 0 Å². The molecule has 1 N–H and O–H groups in total. The summed E-state index contributed by atoms with van der Waals surface area (Å²) in [5.74, 6) is -3.20. The Kier molecular flexibility index (Phi) is 7.52. The number of carbonyl (C=O) groups is 3. The number of rotatable bonds is 7. The van der Waals surface area contributed by atoms with Gasteiger partial charge in [0, 0.05) is 29.1 Å². The van der Waals surface area contributed by atoms with Crippen LogP contribution in [0.15, 0.2) is 71.2 Å². The van der Waals surface area contributed by atoms with Gasteiger partial charge in [0.1, 0.15) is 11.7 Å². The van der Waals surface area contributed by atoms with Crippen molar-refractivity contribution in [2.75, 3.05) is 20.3 Å². The second kappa shape index (κ2) is 10.8. The maximum atomic E-state index is 14.2. The topological polar surface area (TPSA) is 104 Å². The summed E-state index contributed by atoms with van der Waals surface area (Å²) in [6.45, 7) is 5.56. The van der Waals surface area contributed by atoms with E-state index in [4.69, 9.17) is 14.2 Å². The largest absolute Gasteiger partial charge is 0.497 e. The minimum atomic E-state index is -1.08. The number of Topliss-reactive ketones (excluding diaryl/α,β-unsaturated/α-hetero) is 1. The van der Waals surface area contributed by atoms with E-state index in [2.05, 4.69) is 10.3 Å². The predicted molar refractivity (Wildman–Crippen MR) is 132 cm³/mol. The molecule has 2 heterocycles. The van der Waals surface area contributed by atoms with Gasteiger partial charge in [0.25, 0.3) is 0 Å². The van der Waals surface area contributed by atoms with E-state index in [-0.39, 0.29) is 19.0 Å². The number of carbonyl (C=O) groups excluding carboxylic acids is 3. The second-order valence-electron chi connectivity index (χ2n) is 8.65. The lowest BCUT2D eigenvalue weighted by molar-refractivity contribution is -0.152. The second-order valence-corrected chi connectivity index (χ2v) is 8.65. The highest BCUT2D eigenvalue weighted by Crippen LogP contribution is 2.48. The number of nitrogens with zero attached hydrogens (tertiary/aromatic N) is 1. The first-order chi connectivity index (χ1) is 17.4. The third kappa shape index (κ3) is 4.63. The Hall–Kier alpha value is -3.94. The third-order valence-electron chi connectivity index (χ3n) is 6.56. The Morgan fingerprint density at radius 1 is 1.08 bits per heavy atom. The molecule has 8 heteroatoms. The number of esters is 2. The maximum Gasteiger partial charge on any atom is 0.336 e. The van der Waals surface area contributed by atoms with Gasteiger partial charge < -0.3 is 19.5 Å². The van der Waals surface area contributed by atoms with Crippen molar-refractivity contribution in [2.24, 2.45) is 5.92 Å². The molecule has 36 heavy (non-hydrogen) atoms. The highest BCUT2D eigenvalue weighted by molar-refractivity contribution is 6.13. The highest BCUT2D eigenvalue weighted by Gasteiger charge is 2.49. The van der Waals surface area contributed by atoms with Gasteiger partial charge in [-0.15, -0.1) is 0 Å². The number of ketones is 1. The van der Waals surface area contributed by atoms with E-state index in [0.717, 1.165) is 5.56 Å². The molecule has 1 aliphatic heterocycles. The molecule has 0 saturated heterocycles. The van der Waals surface area contributed by atoms with Crippen LogP contribution in [0.25, 0.3) is 0 Å². The van der Waals surface area contributed by atoms with E-state index in [1.807, 2.05) is 24.3 Å². The minimum Gasteiger partial charge on any atom is -0.497 e. The van der Waals surface area contributed by atoms with Crippen molar-refractivity contribution in [3.05, 3.63) is 82.5 Å². The first kappa shape index (κ1) is 25.2.